The number of carbonyl (C=O) groups excluding carboxylic acids is 1. The van der Waals surface area contributed by atoms with Crippen LogP contribution in [0.4, 0.5) is 4.39 Å². The van der Waals surface area contributed by atoms with E-state index in [2.05, 4.69) is 0 Å². The highest BCUT2D eigenvalue weighted by Gasteiger charge is 2.60. The number of amides is 1. The second-order valence-electron chi connectivity index (χ2n) is 6.94. The molecule has 0 heterocycles. The Kier molecular flexibility index (Phi) is 7.00. The summed E-state index contributed by atoms with van der Waals surface area (Å²) in [4.78, 5) is 12.3. The number of carbonyl (C=O) groups is 1. The molecule has 7 nitrogen and oxygen atoms in total. The van der Waals surface area contributed by atoms with Gasteiger partial charge in [0.15, 0.2) is 15.9 Å². The van der Waals surface area contributed by atoms with Gasteiger partial charge in [-0.25, -0.2) is 18.3 Å². The lowest BCUT2D eigenvalue weighted by molar-refractivity contribution is -0.141. The van der Waals surface area contributed by atoms with Crippen molar-refractivity contribution in [3.63, 3.8) is 0 Å². The Morgan fingerprint density at radius 1 is 1.20 bits per heavy atom. The molecule has 162 valence electrons. The fraction of sp³-hybridized carbons (Fsp3) is 0.350. The molecule has 0 radical (unpaired) electrons. The highest BCUT2D eigenvalue weighted by Crippen LogP contribution is 2.48. The van der Waals surface area contributed by atoms with Crippen LogP contribution >= 0.6 is 22.6 Å². The van der Waals surface area contributed by atoms with Crippen molar-refractivity contribution in [3.05, 3.63) is 54.3 Å². The number of hydroxylamine groups is 1. The minimum atomic E-state index is -4.02. The fourth-order valence-electron chi connectivity index (χ4n) is 3.83. The quantitative estimate of drug-likeness (QED) is 0.237. The van der Waals surface area contributed by atoms with Crippen LogP contribution < -0.4 is 10.2 Å². The van der Waals surface area contributed by atoms with Gasteiger partial charge in [0.25, 0.3) is 5.91 Å². The molecule has 2 N–H and O–H groups in total. The molecular formula is C20H21FINO6S. The highest BCUT2D eigenvalue weighted by molar-refractivity contribution is 14.1. The Balaban J connectivity index is 1.95. The number of ether oxygens (including phenoxy) is 2. The molecule has 0 saturated heterocycles. The monoisotopic (exact) mass is 549 g/mol. The van der Waals surface area contributed by atoms with E-state index >= 15 is 0 Å². The van der Waals surface area contributed by atoms with Gasteiger partial charge in [-0.2, -0.15) is 0 Å². The third-order valence-electron chi connectivity index (χ3n) is 5.27. The zero-order valence-corrected chi connectivity index (χ0v) is 19.0. The number of benzene rings is 2. The van der Waals surface area contributed by atoms with E-state index in [4.69, 9.17) is 14.7 Å². The summed E-state index contributed by atoms with van der Waals surface area (Å²) < 4.78 is 49.3. The van der Waals surface area contributed by atoms with Crippen molar-refractivity contribution in [3.8, 4) is 11.5 Å². The third kappa shape index (κ3) is 4.05. The fourth-order valence-corrected chi connectivity index (χ4v) is 8.20. The van der Waals surface area contributed by atoms with Gasteiger partial charge in [-0.05, 0) is 61.4 Å². The van der Waals surface area contributed by atoms with Crippen LogP contribution in [0.1, 0.15) is 19.3 Å². The predicted molar refractivity (Wildman–Crippen MR) is 115 cm³/mol. The van der Waals surface area contributed by atoms with Gasteiger partial charge in [0.05, 0.1) is 4.90 Å². The SMILES string of the molecule is COC(C(=O)NO)C1(S(=O)(=O)c2ccc(Oc3ccc(F)cc3)cc2)CCCC1I. The first-order valence-electron chi connectivity index (χ1n) is 9.15. The molecule has 0 aliphatic heterocycles. The van der Waals surface area contributed by atoms with Crippen LogP contribution in [0.2, 0.25) is 0 Å². The second-order valence-corrected chi connectivity index (χ2v) is 10.7. The van der Waals surface area contributed by atoms with Gasteiger partial charge in [-0.1, -0.05) is 29.0 Å². The lowest BCUT2D eigenvalue weighted by Gasteiger charge is -2.37. The summed E-state index contributed by atoms with van der Waals surface area (Å²) in [5.74, 6) is -0.506. The molecule has 1 aliphatic carbocycles. The first-order chi connectivity index (χ1) is 14.3. The molecule has 0 bridgehead atoms. The zero-order chi connectivity index (χ0) is 21.9. The summed E-state index contributed by atoms with van der Waals surface area (Å²) in [5.41, 5.74) is 1.52. The Labute approximate surface area is 187 Å². The van der Waals surface area contributed by atoms with Gasteiger partial charge in [-0.15, -0.1) is 0 Å². The average Bonchev–Trinajstić information content (AvgIpc) is 3.13. The zero-order valence-electron chi connectivity index (χ0n) is 16.0. The molecule has 3 rings (SSSR count). The lowest BCUT2D eigenvalue weighted by Crippen LogP contribution is -2.59. The van der Waals surface area contributed by atoms with E-state index in [1.165, 1.54) is 61.1 Å². The van der Waals surface area contributed by atoms with Crippen LogP contribution in [0.3, 0.4) is 0 Å². The smallest absolute Gasteiger partial charge is 0.274 e. The number of nitrogens with one attached hydrogen (secondary N) is 1. The van der Waals surface area contributed by atoms with Crippen LogP contribution in [0.15, 0.2) is 53.4 Å². The van der Waals surface area contributed by atoms with Gasteiger partial charge in [0, 0.05) is 11.0 Å². The number of sulfone groups is 1. The lowest BCUT2D eigenvalue weighted by atomic mass is 9.98. The van der Waals surface area contributed by atoms with Crippen LogP contribution in [0.25, 0.3) is 0 Å². The van der Waals surface area contributed by atoms with Gasteiger partial charge in [0.1, 0.15) is 22.1 Å². The van der Waals surface area contributed by atoms with Crippen molar-refractivity contribution in [1.29, 1.82) is 0 Å². The van der Waals surface area contributed by atoms with Crippen molar-refractivity contribution in [2.75, 3.05) is 7.11 Å². The number of hydrogen-bond acceptors (Lipinski definition) is 6. The van der Waals surface area contributed by atoms with Gasteiger partial charge >= 0.3 is 0 Å². The molecular weight excluding hydrogens is 528 g/mol. The van der Waals surface area contributed by atoms with Crippen molar-refractivity contribution >= 4 is 38.3 Å². The molecule has 10 heteroatoms. The van der Waals surface area contributed by atoms with E-state index in [1.807, 2.05) is 22.6 Å². The Morgan fingerprint density at radius 3 is 2.23 bits per heavy atom. The number of halogens is 2. The maximum Gasteiger partial charge on any atom is 0.274 e. The first kappa shape index (κ1) is 22.9. The number of rotatable bonds is 7. The Morgan fingerprint density at radius 2 is 1.77 bits per heavy atom. The molecule has 1 aliphatic rings. The van der Waals surface area contributed by atoms with Crippen molar-refractivity contribution < 1.29 is 32.3 Å². The summed E-state index contributed by atoms with van der Waals surface area (Å²) in [5, 5.41) is 9.11. The first-order valence-corrected chi connectivity index (χ1v) is 11.9. The Bertz CT molecular complexity index is 999. The molecule has 1 fully saturated rings. The Hall–Kier alpha value is -1.76. The van der Waals surface area contributed by atoms with Crippen LogP contribution in [-0.4, -0.2) is 41.4 Å². The van der Waals surface area contributed by atoms with Crippen LogP contribution in [0, 0.1) is 5.82 Å². The van der Waals surface area contributed by atoms with Gasteiger partial charge in [-0.3, -0.25) is 10.0 Å². The summed E-state index contributed by atoms with van der Waals surface area (Å²) in [6, 6.07) is 11.2. The summed E-state index contributed by atoms with van der Waals surface area (Å²) in [7, 11) is -2.77. The predicted octanol–water partition coefficient (Wildman–Crippen LogP) is 3.64. The van der Waals surface area contributed by atoms with Crippen molar-refractivity contribution in [2.45, 2.75) is 38.9 Å². The maximum absolute atomic E-state index is 13.7. The number of hydrogen-bond donors (Lipinski definition) is 2. The molecule has 0 spiro atoms. The van der Waals surface area contributed by atoms with Gasteiger partial charge < -0.3 is 9.47 Å². The highest BCUT2D eigenvalue weighted by atomic mass is 127. The van der Waals surface area contributed by atoms with E-state index in [1.54, 1.807) is 0 Å². The summed E-state index contributed by atoms with van der Waals surface area (Å²) >= 11 is 2.04. The molecule has 3 unspecified atom stereocenters. The van der Waals surface area contributed by atoms with E-state index in [0.717, 1.165) is 0 Å². The van der Waals surface area contributed by atoms with Crippen LogP contribution in [-0.2, 0) is 19.4 Å². The van der Waals surface area contributed by atoms with E-state index < -0.39 is 36.3 Å². The average molecular weight is 549 g/mol. The normalized spacial score (nSPS) is 22.5. The molecule has 3 atom stereocenters. The molecule has 1 amide bonds. The van der Waals surface area contributed by atoms with E-state index in [-0.39, 0.29) is 11.3 Å². The minimum Gasteiger partial charge on any atom is -0.457 e. The molecule has 0 aromatic heterocycles. The second kappa shape index (κ2) is 9.16. The number of alkyl halides is 1. The molecule has 2 aromatic rings. The van der Waals surface area contributed by atoms with Crippen molar-refractivity contribution in [2.24, 2.45) is 0 Å². The summed E-state index contributed by atoms with van der Waals surface area (Å²) in [6.45, 7) is 0. The largest absolute Gasteiger partial charge is 0.457 e. The topological polar surface area (TPSA) is 102 Å². The number of methoxy groups -OCH3 is 1. The van der Waals surface area contributed by atoms with Gasteiger partial charge in [0.2, 0.25) is 0 Å². The van der Waals surface area contributed by atoms with E-state index in [0.29, 0.717) is 24.3 Å². The standard InChI is InChI=1S/C20H21FINO6S/c1-28-18(19(24)23-25)20(12-2-3-17(20)22)30(26,27)16-10-8-15(9-11-16)29-14-6-4-13(21)5-7-14/h4-11,17-18,25H,2-3,12H2,1H3,(H,23,24). The molecule has 2 aromatic carbocycles. The minimum absolute atomic E-state index is 0.0188. The third-order valence-corrected chi connectivity index (χ3v) is 10.0. The summed E-state index contributed by atoms with van der Waals surface area (Å²) in [6.07, 6.45) is 0.0660. The molecule has 1 saturated carbocycles. The van der Waals surface area contributed by atoms with Crippen molar-refractivity contribution in [1.82, 2.24) is 5.48 Å². The maximum atomic E-state index is 13.7. The molecule has 30 heavy (non-hydrogen) atoms. The van der Waals surface area contributed by atoms with E-state index in [9.17, 15) is 17.6 Å². The van der Waals surface area contributed by atoms with Crippen LogP contribution in [0.5, 0.6) is 11.5 Å².